The Morgan fingerprint density at radius 1 is 0.969 bits per heavy atom. The predicted molar refractivity (Wildman–Crippen MR) is 125 cm³/mol. The molecule has 0 aliphatic carbocycles. The number of anilines is 5. The number of hydrogen-bond acceptors (Lipinski definition) is 6. The molecule has 5 rings (SSSR count). The number of para-hydroxylation sites is 1. The van der Waals surface area contributed by atoms with Crippen molar-refractivity contribution in [1.29, 1.82) is 0 Å². The number of amides is 1. The van der Waals surface area contributed by atoms with Crippen molar-refractivity contribution in [3.05, 3.63) is 95.8 Å². The first-order valence-electron chi connectivity index (χ1n) is 10.2. The lowest BCUT2D eigenvalue weighted by Crippen LogP contribution is -2.12. The second kappa shape index (κ2) is 8.39. The SMILES string of the molecule is COc1cccc(C(=O)Nc2ccc(Nc3ncnc4c3Cc3ccccc3N4)cc2)c1. The zero-order valence-electron chi connectivity index (χ0n) is 17.4. The minimum Gasteiger partial charge on any atom is -0.497 e. The number of carbonyl (C=O) groups is 1. The standard InChI is InChI=1S/C25H21N5O2/c1-32-20-7-4-6-17(13-20)25(31)29-19-11-9-18(10-12-19)28-23-21-14-16-5-2-3-8-22(16)30-24(21)27-15-26-23/h2-13,15H,14H2,1H3,(H,29,31)(H2,26,27,28,30). The summed E-state index contributed by atoms with van der Waals surface area (Å²) in [6, 6.07) is 22.7. The molecule has 1 aromatic heterocycles. The van der Waals surface area contributed by atoms with Crippen molar-refractivity contribution in [2.45, 2.75) is 6.42 Å². The molecule has 4 aromatic rings. The van der Waals surface area contributed by atoms with E-state index in [1.165, 1.54) is 5.56 Å². The summed E-state index contributed by atoms with van der Waals surface area (Å²) in [5, 5.41) is 9.65. The van der Waals surface area contributed by atoms with Gasteiger partial charge in [0.25, 0.3) is 5.91 Å². The van der Waals surface area contributed by atoms with E-state index in [-0.39, 0.29) is 5.91 Å². The van der Waals surface area contributed by atoms with Crippen LogP contribution >= 0.6 is 0 Å². The number of nitrogens with zero attached hydrogens (tertiary/aromatic N) is 2. The molecule has 0 atom stereocenters. The maximum Gasteiger partial charge on any atom is 0.255 e. The Morgan fingerprint density at radius 2 is 1.78 bits per heavy atom. The van der Waals surface area contributed by atoms with E-state index in [9.17, 15) is 4.79 Å². The van der Waals surface area contributed by atoms with Gasteiger partial charge in [0.1, 0.15) is 23.7 Å². The molecule has 0 spiro atoms. The Morgan fingerprint density at radius 3 is 2.62 bits per heavy atom. The van der Waals surface area contributed by atoms with Crippen LogP contribution in [0.2, 0.25) is 0 Å². The fourth-order valence-corrected chi connectivity index (χ4v) is 3.65. The Bertz CT molecular complexity index is 1290. The van der Waals surface area contributed by atoms with Gasteiger partial charge < -0.3 is 20.7 Å². The predicted octanol–water partition coefficient (Wildman–Crippen LogP) is 5.13. The topological polar surface area (TPSA) is 88.2 Å². The van der Waals surface area contributed by atoms with Gasteiger partial charge in [-0.1, -0.05) is 24.3 Å². The van der Waals surface area contributed by atoms with Crippen LogP contribution in [0.5, 0.6) is 5.75 Å². The number of nitrogens with one attached hydrogen (secondary N) is 3. The lowest BCUT2D eigenvalue weighted by atomic mass is 10.00. The molecule has 3 aromatic carbocycles. The van der Waals surface area contributed by atoms with Crippen LogP contribution in [0.4, 0.5) is 28.7 Å². The third kappa shape index (κ3) is 3.96. The van der Waals surface area contributed by atoms with E-state index in [1.807, 2.05) is 42.5 Å². The van der Waals surface area contributed by atoms with Crippen molar-refractivity contribution >= 4 is 34.6 Å². The Labute approximate surface area is 185 Å². The second-order valence-electron chi connectivity index (χ2n) is 7.40. The number of carbonyl (C=O) groups excluding carboxylic acids is 1. The summed E-state index contributed by atoms with van der Waals surface area (Å²) < 4.78 is 5.18. The quantitative estimate of drug-likeness (QED) is 0.363. The van der Waals surface area contributed by atoms with Gasteiger partial charge in [0, 0.05) is 34.6 Å². The zero-order valence-corrected chi connectivity index (χ0v) is 17.4. The monoisotopic (exact) mass is 423 g/mol. The van der Waals surface area contributed by atoms with Crippen LogP contribution in [0.25, 0.3) is 0 Å². The van der Waals surface area contributed by atoms with Gasteiger partial charge in [-0.3, -0.25) is 4.79 Å². The average Bonchev–Trinajstić information content (AvgIpc) is 2.84. The molecule has 3 N–H and O–H groups in total. The lowest BCUT2D eigenvalue weighted by Gasteiger charge is -2.22. The summed E-state index contributed by atoms with van der Waals surface area (Å²) in [7, 11) is 1.58. The summed E-state index contributed by atoms with van der Waals surface area (Å²) in [4.78, 5) is 21.3. The van der Waals surface area contributed by atoms with Gasteiger partial charge >= 0.3 is 0 Å². The molecule has 0 saturated carbocycles. The average molecular weight is 423 g/mol. The second-order valence-corrected chi connectivity index (χ2v) is 7.40. The van der Waals surface area contributed by atoms with Crippen LogP contribution in [-0.4, -0.2) is 23.0 Å². The number of fused-ring (bicyclic) bond motifs is 2. The summed E-state index contributed by atoms with van der Waals surface area (Å²) in [6.07, 6.45) is 2.29. The van der Waals surface area contributed by atoms with E-state index < -0.39 is 0 Å². The molecule has 1 aliphatic heterocycles. The van der Waals surface area contributed by atoms with Gasteiger partial charge in [-0.05, 0) is 54.1 Å². The number of hydrogen-bond donors (Lipinski definition) is 3. The summed E-state index contributed by atoms with van der Waals surface area (Å²) in [6.45, 7) is 0. The molecule has 0 saturated heterocycles. The highest BCUT2D eigenvalue weighted by atomic mass is 16.5. The van der Waals surface area contributed by atoms with Crippen molar-refractivity contribution in [2.24, 2.45) is 0 Å². The van der Waals surface area contributed by atoms with Gasteiger partial charge in [0.15, 0.2) is 0 Å². The summed E-state index contributed by atoms with van der Waals surface area (Å²) >= 11 is 0. The molecule has 1 aliphatic rings. The van der Waals surface area contributed by atoms with Crippen LogP contribution in [-0.2, 0) is 6.42 Å². The number of benzene rings is 3. The van der Waals surface area contributed by atoms with Crippen LogP contribution in [0.1, 0.15) is 21.5 Å². The van der Waals surface area contributed by atoms with Gasteiger partial charge in [0.05, 0.1) is 7.11 Å². The van der Waals surface area contributed by atoms with Crippen molar-refractivity contribution in [2.75, 3.05) is 23.1 Å². The van der Waals surface area contributed by atoms with Crippen LogP contribution in [0, 0.1) is 0 Å². The molecule has 0 bridgehead atoms. The maximum atomic E-state index is 12.5. The molecule has 32 heavy (non-hydrogen) atoms. The zero-order chi connectivity index (χ0) is 21.9. The Balaban J connectivity index is 1.30. The van der Waals surface area contributed by atoms with Crippen molar-refractivity contribution < 1.29 is 9.53 Å². The number of aromatic nitrogens is 2. The summed E-state index contributed by atoms with van der Waals surface area (Å²) in [5.41, 5.74) is 5.38. The van der Waals surface area contributed by atoms with E-state index >= 15 is 0 Å². The molecule has 1 amide bonds. The van der Waals surface area contributed by atoms with Crippen LogP contribution in [0.15, 0.2) is 79.1 Å². The first-order valence-corrected chi connectivity index (χ1v) is 10.2. The fourth-order valence-electron chi connectivity index (χ4n) is 3.65. The first kappa shape index (κ1) is 19.6. The molecule has 7 heteroatoms. The Kier molecular flexibility index (Phi) is 5.13. The summed E-state index contributed by atoms with van der Waals surface area (Å²) in [5.74, 6) is 2.01. The third-order valence-electron chi connectivity index (χ3n) is 5.32. The minimum atomic E-state index is -0.195. The Hall–Kier alpha value is -4.39. The molecular formula is C25H21N5O2. The largest absolute Gasteiger partial charge is 0.497 e. The van der Waals surface area contributed by atoms with Gasteiger partial charge in [-0.2, -0.15) is 0 Å². The molecule has 0 fully saturated rings. The molecule has 7 nitrogen and oxygen atoms in total. The molecule has 158 valence electrons. The van der Waals surface area contributed by atoms with Crippen LogP contribution < -0.4 is 20.7 Å². The van der Waals surface area contributed by atoms with Crippen molar-refractivity contribution in [1.82, 2.24) is 9.97 Å². The normalized spacial score (nSPS) is 11.5. The minimum absolute atomic E-state index is 0.195. The number of ether oxygens (including phenoxy) is 1. The van der Waals surface area contributed by atoms with Crippen molar-refractivity contribution in [3.63, 3.8) is 0 Å². The van der Waals surface area contributed by atoms with E-state index in [0.29, 0.717) is 17.0 Å². The maximum absolute atomic E-state index is 12.5. The highest BCUT2D eigenvalue weighted by molar-refractivity contribution is 6.04. The van der Waals surface area contributed by atoms with E-state index in [1.54, 1.807) is 37.7 Å². The highest BCUT2D eigenvalue weighted by Crippen LogP contribution is 2.35. The van der Waals surface area contributed by atoms with Crippen LogP contribution in [0.3, 0.4) is 0 Å². The molecule has 0 unspecified atom stereocenters. The van der Waals surface area contributed by atoms with Gasteiger partial charge in [0.2, 0.25) is 0 Å². The number of rotatable bonds is 5. The fraction of sp³-hybridized carbons (Fsp3) is 0.0800. The smallest absolute Gasteiger partial charge is 0.255 e. The van der Waals surface area contributed by atoms with Gasteiger partial charge in [-0.15, -0.1) is 0 Å². The molecule has 2 heterocycles. The highest BCUT2D eigenvalue weighted by Gasteiger charge is 2.19. The lowest BCUT2D eigenvalue weighted by molar-refractivity contribution is 0.102. The third-order valence-corrected chi connectivity index (χ3v) is 5.32. The van der Waals surface area contributed by atoms with E-state index in [4.69, 9.17) is 4.74 Å². The first-order chi connectivity index (χ1) is 15.7. The van der Waals surface area contributed by atoms with E-state index in [0.717, 1.165) is 35.0 Å². The van der Waals surface area contributed by atoms with E-state index in [2.05, 4.69) is 32.0 Å². The van der Waals surface area contributed by atoms with Gasteiger partial charge in [-0.25, -0.2) is 9.97 Å². The molecular weight excluding hydrogens is 402 g/mol. The molecule has 0 radical (unpaired) electrons. The van der Waals surface area contributed by atoms with Crippen molar-refractivity contribution in [3.8, 4) is 5.75 Å². The number of methoxy groups -OCH3 is 1.